The van der Waals surface area contributed by atoms with Crippen LogP contribution in [0.2, 0.25) is 0 Å². The third kappa shape index (κ3) is 2.03. The van der Waals surface area contributed by atoms with Gasteiger partial charge < -0.3 is 5.32 Å². The van der Waals surface area contributed by atoms with Crippen LogP contribution in [0.4, 0.5) is 0 Å². The predicted molar refractivity (Wildman–Crippen MR) is 51.0 cm³/mol. The lowest BCUT2D eigenvalue weighted by Crippen LogP contribution is -2.44. The number of rotatable bonds is 3. The standard InChI is InChI=1S/C8H16N2O2S/c11-13(12,8-4-5-9-6-8)10-7-2-1-3-7/h7-10H,1-6H2. The van der Waals surface area contributed by atoms with Crippen molar-refractivity contribution >= 4 is 10.0 Å². The van der Waals surface area contributed by atoms with E-state index in [0.717, 1.165) is 32.2 Å². The summed E-state index contributed by atoms with van der Waals surface area (Å²) >= 11 is 0. The molecule has 0 aromatic carbocycles. The lowest BCUT2D eigenvalue weighted by molar-refractivity contribution is 0.382. The Bertz CT molecular complexity index is 266. The topological polar surface area (TPSA) is 58.2 Å². The van der Waals surface area contributed by atoms with E-state index in [0.29, 0.717) is 6.54 Å². The second kappa shape index (κ2) is 3.55. The van der Waals surface area contributed by atoms with Gasteiger partial charge in [-0.2, -0.15) is 0 Å². The Hall–Kier alpha value is -0.130. The van der Waals surface area contributed by atoms with Gasteiger partial charge in [-0.15, -0.1) is 0 Å². The first kappa shape index (κ1) is 9.43. The first-order valence-electron chi connectivity index (χ1n) is 4.90. The lowest BCUT2D eigenvalue weighted by atomic mass is 9.94. The average Bonchev–Trinajstić information content (AvgIpc) is 2.49. The summed E-state index contributed by atoms with van der Waals surface area (Å²) < 4.78 is 26.1. The highest BCUT2D eigenvalue weighted by Crippen LogP contribution is 2.20. The van der Waals surface area contributed by atoms with Crippen molar-refractivity contribution in [1.82, 2.24) is 10.0 Å². The fourth-order valence-electron chi connectivity index (χ4n) is 1.75. The monoisotopic (exact) mass is 204 g/mol. The van der Waals surface area contributed by atoms with E-state index in [1.807, 2.05) is 0 Å². The molecule has 1 saturated heterocycles. The van der Waals surface area contributed by atoms with E-state index in [9.17, 15) is 8.42 Å². The van der Waals surface area contributed by atoms with Gasteiger partial charge in [-0.1, -0.05) is 6.42 Å². The smallest absolute Gasteiger partial charge is 0.216 e. The van der Waals surface area contributed by atoms with Gasteiger partial charge in [0.2, 0.25) is 10.0 Å². The summed E-state index contributed by atoms with van der Waals surface area (Å²) in [4.78, 5) is 0. The van der Waals surface area contributed by atoms with Gasteiger partial charge in [-0.25, -0.2) is 13.1 Å². The molecule has 1 saturated carbocycles. The Morgan fingerprint density at radius 1 is 1.23 bits per heavy atom. The van der Waals surface area contributed by atoms with E-state index < -0.39 is 10.0 Å². The Morgan fingerprint density at radius 3 is 2.46 bits per heavy atom. The van der Waals surface area contributed by atoms with Crippen molar-refractivity contribution < 1.29 is 8.42 Å². The summed E-state index contributed by atoms with van der Waals surface area (Å²) in [5.74, 6) is 0. The normalized spacial score (nSPS) is 30.3. The summed E-state index contributed by atoms with van der Waals surface area (Å²) in [6, 6.07) is 0.227. The molecule has 1 heterocycles. The number of hydrogen-bond donors (Lipinski definition) is 2. The molecule has 0 amide bonds. The molecule has 2 rings (SSSR count). The molecule has 0 bridgehead atoms. The number of sulfonamides is 1. The van der Waals surface area contributed by atoms with Crippen molar-refractivity contribution in [3.8, 4) is 0 Å². The maximum atomic E-state index is 11.7. The Morgan fingerprint density at radius 2 is 2.00 bits per heavy atom. The van der Waals surface area contributed by atoms with Crippen LogP contribution in [-0.2, 0) is 10.0 Å². The molecule has 0 aromatic heterocycles. The Kier molecular flexibility index (Phi) is 2.58. The zero-order valence-corrected chi connectivity index (χ0v) is 8.44. The second-order valence-electron chi connectivity index (χ2n) is 3.91. The van der Waals surface area contributed by atoms with Gasteiger partial charge in [0.05, 0.1) is 5.25 Å². The van der Waals surface area contributed by atoms with Crippen LogP contribution in [0.5, 0.6) is 0 Å². The minimum atomic E-state index is -3.03. The van der Waals surface area contributed by atoms with Crippen LogP contribution >= 0.6 is 0 Å². The molecule has 2 N–H and O–H groups in total. The van der Waals surface area contributed by atoms with Crippen molar-refractivity contribution in [3.63, 3.8) is 0 Å². The van der Waals surface area contributed by atoms with Gasteiger partial charge in [0.15, 0.2) is 0 Å². The fraction of sp³-hybridized carbons (Fsp3) is 1.00. The lowest BCUT2D eigenvalue weighted by Gasteiger charge is -2.27. The van der Waals surface area contributed by atoms with Crippen molar-refractivity contribution in [2.24, 2.45) is 0 Å². The SMILES string of the molecule is O=S(=O)(NC1CCC1)C1CCNC1. The molecule has 13 heavy (non-hydrogen) atoms. The van der Waals surface area contributed by atoms with Gasteiger partial charge in [0.1, 0.15) is 0 Å². The van der Waals surface area contributed by atoms with Gasteiger partial charge in [0.25, 0.3) is 0 Å². The molecule has 76 valence electrons. The van der Waals surface area contributed by atoms with Crippen LogP contribution in [0.25, 0.3) is 0 Å². The Balaban J connectivity index is 1.93. The van der Waals surface area contributed by atoms with Crippen LogP contribution in [0.1, 0.15) is 25.7 Å². The van der Waals surface area contributed by atoms with Crippen LogP contribution in [0.3, 0.4) is 0 Å². The van der Waals surface area contributed by atoms with E-state index in [-0.39, 0.29) is 11.3 Å². The summed E-state index contributed by atoms with van der Waals surface area (Å²) in [6.07, 6.45) is 3.94. The third-order valence-electron chi connectivity index (χ3n) is 2.89. The van der Waals surface area contributed by atoms with E-state index in [1.54, 1.807) is 0 Å². The highest BCUT2D eigenvalue weighted by molar-refractivity contribution is 7.90. The zero-order valence-electron chi connectivity index (χ0n) is 7.62. The van der Waals surface area contributed by atoms with Crippen molar-refractivity contribution in [2.45, 2.75) is 37.0 Å². The maximum Gasteiger partial charge on any atom is 0.216 e. The Labute approximate surface area is 79.1 Å². The summed E-state index contributed by atoms with van der Waals surface area (Å²) in [5.41, 5.74) is 0. The molecule has 0 aromatic rings. The number of hydrogen-bond acceptors (Lipinski definition) is 3. The molecule has 1 unspecified atom stereocenters. The van der Waals surface area contributed by atoms with Crippen molar-refractivity contribution in [2.75, 3.05) is 13.1 Å². The van der Waals surface area contributed by atoms with E-state index >= 15 is 0 Å². The van der Waals surface area contributed by atoms with Crippen molar-refractivity contribution in [1.29, 1.82) is 0 Å². The van der Waals surface area contributed by atoms with Crippen LogP contribution in [0.15, 0.2) is 0 Å². The molecule has 1 aliphatic carbocycles. The van der Waals surface area contributed by atoms with Crippen LogP contribution < -0.4 is 10.0 Å². The third-order valence-corrected chi connectivity index (χ3v) is 4.83. The van der Waals surface area contributed by atoms with E-state index in [2.05, 4.69) is 10.0 Å². The molecule has 2 fully saturated rings. The van der Waals surface area contributed by atoms with Gasteiger partial charge in [-0.05, 0) is 25.8 Å². The van der Waals surface area contributed by atoms with Crippen molar-refractivity contribution in [3.05, 3.63) is 0 Å². The van der Waals surface area contributed by atoms with Crippen LogP contribution in [-0.4, -0.2) is 32.8 Å². The van der Waals surface area contributed by atoms with E-state index in [1.165, 1.54) is 0 Å². The van der Waals surface area contributed by atoms with Crippen LogP contribution in [0, 0.1) is 0 Å². The molecule has 0 radical (unpaired) electrons. The summed E-state index contributed by atoms with van der Waals surface area (Å²) in [5, 5.41) is 2.87. The molecular weight excluding hydrogens is 188 g/mol. The maximum absolute atomic E-state index is 11.7. The van der Waals surface area contributed by atoms with E-state index in [4.69, 9.17) is 0 Å². The quantitative estimate of drug-likeness (QED) is 0.670. The first-order valence-corrected chi connectivity index (χ1v) is 6.45. The van der Waals surface area contributed by atoms with Gasteiger partial charge in [0, 0.05) is 12.6 Å². The summed E-state index contributed by atoms with van der Waals surface area (Å²) in [6.45, 7) is 1.44. The van der Waals surface area contributed by atoms with Gasteiger partial charge in [-0.3, -0.25) is 0 Å². The van der Waals surface area contributed by atoms with Gasteiger partial charge >= 0.3 is 0 Å². The highest BCUT2D eigenvalue weighted by Gasteiger charge is 2.32. The minimum absolute atomic E-state index is 0.201. The fourth-order valence-corrected chi connectivity index (χ4v) is 3.41. The molecule has 0 spiro atoms. The minimum Gasteiger partial charge on any atom is -0.315 e. The molecule has 1 aliphatic heterocycles. The highest BCUT2D eigenvalue weighted by atomic mass is 32.2. The molecule has 2 aliphatic rings. The second-order valence-corrected chi connectivity index (χ2v) is 5.90. The molecule has 1 atom stereocenters. The predicted octanol–water partition coefficient (Wildman–Crippen LogP) is -0.180. The molecule has 4 nitrogen and oxygen atoms in total. The average molecular weight is 204 g/mol. The summed E-state index contributed by atoms with van der Waals surface area (Å²) in [7, 11) is -3.03. The molecule has 5 heteroatoms. The first-order chi connectivity index (χ1) is 6.18. The zero-order chi connectivity index (χ0) is 9.31. The largest absolute Gasteiger partial charge is 0.315 e. The number of nitrogens with one attached hydrogen (secondary N) is 2. The molecular formula is C8H16N2O2S.